The number of rotatable bonds is 11. The van der Waals surface area contributed by atoms with Gasteiger partial charge in [0.1, 0.15) is 11.6 Å². The van der Waals surface area contributed by atoms with Crippen molar-refractivity contribution < 1.29 is 28.7 Å². The van der Waals surface area contributed by atoms with Gasteiger partial charge in [-0.05, 0) is 111 Å². The maximum atomic E-state index is 13.7. The number of alkyl carbamates (subject to hydrolysis) is 1. The minimum absolute atomic E-state index is 0.174. The van der Waals surface area contributed by atoms with E-state index < -0.39 is 23.7 Å². The van der Waals surface area contributed by atoms with Crippen molar-refractivity contribution in [2.75, 3.05) is 19.0 Å². The van der Waals surface area contributed by atoms with Gasteiger partial charge in [-0.2, -0.15) is 5.21 Å². The number of amides is 3. The first-order chi connectivity index (χ1) is 24.0. The van der Waals surface area contributed by atoms with Crippen LogP contribution in [0.2, 0.25) is 0 Å². The number of tetrazole rings is 1. The second-order valence-corrected chi connectivity index (χ2v) is 13.4. The van der Waals surface area contributed by atoms with Crippen LogP contribution in [0.5, 0.6) is 0 Å². The zero-order valence-electron chi connectivity index (χ0n) is 28.7. The highest BCUT2D eigenvalue weighted by Gasteiger charge is 2.30. The first-order valence-corrected chi connectivity index (χ1v) is 16.7. The first-order valence-electron chi connectivity index (χ1n) is 16.7. The minimum Gasteiger partial charge on any atom is -0.465 e. The monoisotopic (exact) mass is 681 g/mol. The fraction of sp³-hybridized carbons (Fsp3) is 0.378. The lowest BCUT2D eigenvalue weighted by molar-refractivity contribution is -0.130. The summed E-state index contributed by atoms with van der Waals surface area (Å²) in [5.41, 5.74) is 3.76. The number of H-pyrrole nitrogens is 1. The number of aromatic amines is 1. The molecule has 1 fully saturated rings. The third-order valence-electron chi connectivity index (χ3n) is 8.55. The number of nitrogens with one attached hydrogen (secondary N) is 4. The summed E-state index contributed by atoms with van der Waals surface area (Å²) in [5.74, 6) is -0.509. The molecule has 4 aromatic rings. The standard InChI is InChI=1S/C37H43N7O6/c1-37(2,3)50-36(48)38-22-24-10-14-27(15-11-24)33(45)40-31(34(46)39-30-18-16-26(17-19-30)32-41-43-44-42-32)20-23-8-12-25(13-9-23)28-6-5-7-29(21-28)35(47)49-4/h5-9,12-13,16-19,21,24,27,31H,10-11,14-15,20,22H2,1-4H3,(H,38,48)(H,39,46)(H,40,45)(H,41,42,43,44)/t24-,27-,31-/m0/s1. The molecular weight excluding hydrogens is 638 g/mol. The second kappa shape index (κ2) is 16.2. The van der Waals surface area contributed by atoms with E-state index in [1.807, 2.05) is 51.1 Å². The summed E-state index contributed by atoms with van der Waals surface area (Å²) in [6.07, 6.45) is 2.66. The predicted octanol–water partition coefficient (Wildman–Crippen LogP) is 5.32. The lowest BCUT2D eigenvalue weighted by atomic mass is 9.81. The molecule has 1 atom stereocenters. The maximum Gasteiger partial charge on any atom is 0.407 e. The summed E-state index contributed by atoms with van der Waals surface area (Å²) in [6.45, 7) is 5.95. The van der Waals surface area contributed by atoms with Gasteiger partial charge in [-0.3, -0.25) is 9.59 Å². The number of anilines is 1. The van der Waals surface area contributed by atoms with E-state index in [4.69, 9.17) is 9.47 Å². The summed E-state index contributed by atoms with van der Waals surface area (Å²) in [5, 5.41) is 22.8. The number of esters is 1. The van der Waals surface area contributed by atoms with E-state index in [2.05, 4.69) is 36.6 Å². The van der Waals surface area contributed by atoms with E-state index in [-0.39, 0.29) is 30.1 Å². The number of hydrogen-bond donors (Lipinski definition) is 4. The van der Waals surface area contributed by atoms with E-state index in [9.17, 15) is 19.2 Å². The highest BCUT2D eigenvalue weighted by molar-refractivity contribution is 5.98. The third-order valence-corrected chi connectivity index (χ3v) is 8.55. The minimum atomic E-state index is -0.848. The number of carbonyl (C=O) groups excluding carboxylic acids is 4. The molecule has 1 aliphatic rings. The van der Waals surface area contributed by atoms with Crippen LogP contribution in [0.3, 0.4) is 0 Å². The second-order valence-electron chi connectivity index (χ2n) is 13.4. The smallest absolute Gasteiger partial charge is 0.407 e. The Hall–Kier alpha value is -5.59. The molecule has 3 aromatic carbocycles. The van der Waals surface area contributed by atoms with E-state index in [1.165, 1.54) is 7.11 Å². The quantitative estimate of drug-likeness (QED) is 0.153. The zero-order chi connectivity index (χ0) is 35.7. The van der Waals surface area contributed by atoms with Gasteiger partial charge in [-0.1, -0.05) is 36.4 Å². The molecule has 1 saturated carbocycles. The topological polar surface area (TPSA) is 177 Å². The van der Waals surface area contributed by atoms with Crippen LogP contribution in [0.1, 0.15) is 62.4 Å². The Morgan fingerprint density at radius 1 is 0.900 bits per heavy atom. The van der Waals surface area contributed by atoms with Gasteiger partial charge >= 0.3 is 12.1 Å². The SMILES string of the molecule is COC(=O)c1cccc(-c2ccc(C[C@H](NC(=O)[C@H]3CC[C@H](CNC(=O)OC(C)(C)C)CC3)C(=O)Nc3ccc(-c4nn[nH]n4)cc3)cc2)c1. The Morgan fingerprint density at radius 2 is 1.60 bits per heavy atom. The van der Waals surface area contributed by atoms with Crippen LogP contribution < -0.4 is 16.0 Å². The van der Waals surface area contributed by atoms with Crippen molar-refractivity contribution in [1.82, 2.24) is 31.3 Å². The van der Waals surface area contributed by atoms with Crippen molar-refractivity contribution in [1.29, 1.82) is 0 Å². The molecule has 0 spiro atoms. The fourth-order valence-electron chi connectivity index (χ4n) is 5.90. The number of aromatic nitrogens is 4. The van der Waals surface area contributed by atoms with Crippen LogP contribution in [-0.2, 0) is 25.5 Å². The molecule has 0 aliphatic heterocycles. The van der Waals surface area contributed by atoms with Gasteiger partial charge in [-0.15, -0.1) is 10.2 Å². The molecule has 3 amide bonds. The van der Waals surface area contributed by atoms with Gasteiger partial charge in [-0.25, -0.2) is 9.59 Å². The third kappa shape index (κ3) is 9.97. The molecule has 262 valence electrons. The maximum absolute atomic E-state index is 13.7. The van der Waals surface area contributed by atoms with E-state index >= 15 is 0 Å². The molecular formula is C37H43N7O6. The van der Waals surface area contributed by atoms with Crippen molar-refractivity contribution >= 4 is 29.6 Å². The number of nitrogens with zero attached hydrogens (tertiary/aromatic N) is 3. The van der Waals surface area contributed by atoms with Crippen LogP contribution in [0.25, 0.3) is 22.5 Å². The Kier molecular flexibility index (Phi) is 11.6. The molecule has 0 radical (unpaired) electrons. The lowest BCUT2D eigenvalue weighted by Gasteiger charge is -2.29. The lowest BCUT2D eigenvalue weighted by Crippen LogP contribution is -2.48. The molecule has 1 heterocycles. The van der Waals surface area contributed by atoms with Gasteiger partial charge in [0.15, 0.2) is 0 Å². The molecule has 4 N–H and O–H groups in total. The highest BCUT2D eigenvalue weighted by atomic mass is 16.6. The number of ether oxygens (including phenoxy) is 2. The summed E-state index contributed by atoms with van der Waals surface area (Å²) >= 11 is 0. The fourth-order valence-corrected chi connectivity index (χ4v) is 5.90. The average molecular weight is 682 g/mol. The van der Waals surface area contributed by atoms with E-state index in [0.29, 0.717) is 36.5 Å². The van der Waals surface area contributed by atoms with Gasteiger partial charge in [0, 0.05) is 30.1 Å². The normalized spacial score (nSPS) is 16.5. The van der Waals surface area contributed by atoms with Crippen molar-refractivity contribution in [2.45, 2.75) is 64.5 Å². The van der Waals surface area contributed by atoms with Crippen LogP contribution in [0, 0.1) is 11.8 Å². The summed E-state index contributed by atoms with van der Waals surface area (Å²) in [4.78, 5) is 51.4. The number of carbonyl (C=O) groups is 4. The molecule has 0 bridgehead atoms. The Balaban J connectivity index is 1.25. The number of methoxy groups -OCH3 is 1. The Bertz CT molecular complexity index is 1760. The highest BCUT2D eigenvalue weighted by Crippen LogP contribution is 2.29. The van der Waals surface area contributed by atoms with Crippen LogP contribution in [-0.4, -0.2) is 69.8 Å². The molecule has 0 unspecified atom stereocenters. The number of benzene rings is 3. The molecule has 0 saturated heterocycles. The largest absolute Gasteiger partial charge is 0.465 e. The molecule has 1 aromatic heterocycles. The van der Waals surface area contributed by atoms with Gasteiger partial charge < -0.3 is 25.4 Å². The van der Waals surface area contributed by atoms with Crippen LogP contribution in [0.15, 0.2) is 72.8 Å². The molecule has 13 heteroatoms. The Labute approximate surface area is 290 Å². The summed E-state index contributed by atoms with van der Waals surface area (Å²) in [7, 11) is 1.35. The molecule has 13 nitrogen and oxygen atoms in total. The van der Waals surface area contributed by atoms with Crippen molar-refractivity contribution in [3.05, 3.63) is 83.9 Å². The first kappa shape index (κ1) is 35.7. The Morgan fingerprint density at radius 3 is 2.24 bits per heavy atom. The molecule has 50 heavy (non-hydrogen) atoms. The van der Waals surface area contributed by atoms with E-state index in [1.54, 1.807) is 42.5 Å². The van der Waals surface area contributed by atoms with Gasteiger partial charge in [0.05, 0.1) is 12.7 Å². The summed E-state index contributed by atoms with van der Waals surface area (Å²) in [6, 6.07) is 21.0. The van der Waals surface area contributed by atoms with Crippen molar-refractivity contribution in [3.8, 4) is 22.5 Å². The summed E-state index contributed by atoms with van der Waals surface area (Å²) < 4.78 is 10.2. The number of hydrogen-bond acceptors (Lipinski definition) is 9. The molecule has 5 rings (SSSR count). The average Bonchev–Trinajstić information content (AvgIpc) is 3.66. The van der Waals surface area contributed by atoms with Gasteiger partial charge in [0.2, 0.25) is 17.6 Å². The molecule has 1 aliphatic carbocycles. The van der Waals surface area contributed by atoms with E-state index in [0.717, 1.165) is 35.1 Å². The van der Waals surface area contributed by atoms with Crippen LogP contribution in [0.4, 0.5) is 10.5 Å². The van der Waals surface area contributed by atoms with Crippen molar-refractivity contribution in [3.63, 3.8) is 0 Å². The van der Waals surface area contributed by atoms with Crippen molar-refractivity contribution in [2.24, 2.45) is 11.8 Å². The van der Waals surface area contributed by atoms with Crippen LogP contribution >= 0.6 is 0 Å². The predicted molar refractivity (Wildman–Crippen MR) is 187 cm³/mol. The zero-order valence-corrected chi connectivity index (χ0v) is 28.7. The van der Waals surface area contributed by atoms with Gasteiger partial charge in [0.25, 0.3) is 0 Å².